The van der Waals surface area contributed by atoms with E-state index >= 15 is 0 Å². The Morgan fingerprint density at radius 1 is 1.37 bits per heavy atom. The van der Waals surface area contributed by atoms with Crippen molar-refractivity contribution in [3.63, 3.8) is 0 Å². The van der Waals surface area contributed by atoms with Crippen LogP contribution < -0.4 is 10.5 Å². The van der Waals surface area contributed by atoms with Crippen LogP contribution in [0.4, 0.5) is 0 Å². The number of hydrogen-bond donors (Lipinski definition) is 1. The van der Waals surface area contributed by atoms with E-state index in [-0.39, 0.29) is 0 Å². The molecule has 2 N–H and O–H groups in total. The Bertz CT molecular complexity index is 455. The van der Waals surface area contributed by atoms with Gasteiger partial charge in [-0.1, -0.05) is 41.5 Å². The van der Waals surface area contributed by atoms with Crippen molar-refractivity contribution < 1.29 is 4.74 Å². The molecular weight excluding hydrogens is 322 g/mol. The summed E-state index contributed by atoms with van der Waals surface area (Å²) in [4.78, 5) is 0.388. The number of halogens is 1. The minimum atomic E-state index is 0.303. The summed E-state index contributed by atoms with van der Waals surface area (Å²) in [6.07, 6.45) is 6.37. The average molecular weight is 342 g/mol. The van der Waals surface area contributed by atoms with Crippen LogP contribution in [-0.2, 0) is 0 Å². The minimum absolute atomic E-state index is 0.303. The number of rotatable bonds is 4. The first-order chi connectivity index (χ1) is 9.10. The molecule has 0 aromatic heterocycles. The lowest BCUT2D eigenvalue weighted by Gasteiger charge is -2.29. The van der Waals surface area contributed by atoms with Crippen LogP contribution in [0.15, 0.2) is 22.7 Å². The van der Waals surface area contributed by atoms with E-state index in [1.54, 1.807) is 0 Å². The number of thiocarbonyl (C=S) groups is 1. The highest BCUT2D eigenvalue weighted by Crippen LogP contribution is 2.31. The fourth-order valence-electron chi connectivity index (χ4n) is 2.64. The molecule has 1 aliphatic carbocycles. The first kappa shape index (κ1) is 14.8. The average Bonchev–Trinajstić information content (AvgIpc) is 2.41. The van der Waals surface area contributed by atoms with Crippen molar-refractivity contribution in [2.45, 2.75) is 45.1 Å². The molecule has 1 aromatic carbocycles. The van der Waals surface area contributed by atoms with Gasteiger partial charge in [0.25, 0.3) is 0 Å². The van der Waals surface area contributed by atoms with Gasteiger partial charge in [0, 0.05) is 4.47 Å². The maximum atomic E-state index is 6.11. The Labute approximate surface area is 128 Å². The van der Waals surface area contributed by atoms with Crippen LogP contribution in [-0.4, -0.2) is 11.1 Å². The van der Waals surface area contributed by atoms with Crippen LogP contribution in [0.3, 0.4) is 0 Å². The fourth-order valence-corrected chi connectivity index (χ4v) is 3.16. The van der Waals surface area contributed by atoms with E-state index in [4.69, 9.17) is 22.7 Å². The van der Waals surface area contributed by atoms with Gasteiger partial charge in [0.1, 0.15) is 10.7 Å². The summed E-state index contributed by atoms with van der Waals surface area (Å²) in [5.41, 5.74) is 6.58. The summed E-state index contributed by atoms with van der Waals surface area (Å²) in [6, 6.07) is 5.84. The van der Waals surface area contributed by atoms with E-state index in [0.29, 0.717) is 11.1 Å². The predicted octanol–water partition coefficient (Wildman–Crippen LogP) is 4.43. The fraction of sp³-hybridized carbons (Fsp3) is 0.533. The van der Waals surface area contributed by atoms with Gasteiger partial charge in [-0.3, -0.25) is 0 Å². The first-order valence-corrected chi connectivity index (χ1v) is 8.06. The van der Waals surface area contributed by atoms with Gasteiger partial charge in [-0.2, -0.15) is 0 Å². The molecule has 19 heavy (non-hydrogen) atoms. The van der Waals surface area contributed by atoms with Crippen LogP contribution in [0.2, 0.25) is 0 Å². The molecule has 1 saturated carbocycles. The van der Waals surface area contributed by atoms with Crippen LogP contribution in [0, 0.1) is 5.92 Å². The van der Waals surface area contributed by atoms with Gasteiger partial charge >= 0.3 is 0 Å². The second-order valence-electron chi connectivity index (χ2n) is 5.17. The summed E-state index contributed by atoms with van der Waals surface area (Å²) in [7, 11) is 0. The smallest absolute Gasteiger partial charge is 0.129 e. The summed E-state index contributed by atoms with van der Waals surface area (Å²) >= 11 is 8.53. The van der Waals surface area contributed by atoms with Crippen molar-refractivity contribution >= 4 is 33.1 Å². The van der Waals surface area contributed by atoms with Crippen molar-refractivity contribution in [2.75, 3.05) is 0 Å². The van der Waals surface area contributed by atoms with E-state index in [9.17, 15) is 0 Å². The van der Waals surface area contributed by atoms with Crippen LogP contribution in [0.1, 0.15) is 44.6 Å². The summed E-state index contributed by atoms with van der Waals surface area (Å²) in [5, 5.41) is 0. The maximum Gasteiger partial charge on any atom is 0.129 e. The number of benzene rings is 1. The molecule has 1 aliphatic rings. The zero-order valence-electron chi connectivity index (χ0n) is 11.2. The van der Waals surface area contributed by atoms with Crippen LogP contribution in [0.25, 0.3) is 0 Å². The second kappa shape index (κ2) is 6.71. The summed E-state index contributed by atoms with van der Waals surface area (Å²) in [6.45, 7) is 2.27. The van der Waals surface area contributed by atoms with Crippen molar-refractivity contribution in [1.29, 1.82) is 0 Å². The molecule has 0 saturated heterocycles. The zero-order valence-corrected chi connectivity index (χ0v) is 13.6. The van der Waals surface area contributed by atoms with E-state index in [2.05, 4.69) is 22.9 Å². The molecule has 0 radical (unpaired) electrons. The molecule has 0 atom stereocenters. The molecule has 0 unspecified atom stereocenters. The number of hydrogen-bond acceptors (Lipinski definition) is 2. The van der Waals surface area contributed by atoms with Crippen LogP contribution in [0.5, 0.6) is 5.75 Å². The number of ether oxygens (including phenoxy) is 1. The van der Waals surface area contributed by atoms with E-state index in [0.717, 1.165) is 34.5 Å². The third-order valence-corrected chi connectivity index (χ3v) is 4.58. The van der Waals surface area contributed by atoms with E-state index < -0.39 is 0 Å². The Morgan fingerprint density at radius 2 is 2.05 bits per heavy atom. The van der Waals surface area contributed by atoms with E-state index in [1.165, 1.54) is 19.3 Å². The quantitative estimate of drug-likeness (QED) is 0.822. The first-order valence-electron chi connectivity index (χ1n) is 6.86. The molecule has 104 valence electrons. The highest BCUT2D eigenvalue weighted by atomic mass is 79.9. The molecule has 4 heteroatoms. The molecule has 1 aromatic rings. The molecule has 0 heterocycles. The molecule has 1 fully saturated rings. The van der Waals surface area contributed by atoms with Gasteiger partial charge in [0.2, 0.25) is 0 Å². The third kappa shape index (κ3) is 3.93. The Kier molecular flexibility index (Phi) is 5.22. The van der Waals surface area contributed by atoms with Gasteiger partial charge in [0.05, 0.1) is 11.7 Å². The zero-order chi connectivity index (χ0) is 13.8. The van der Waals surface area contributed by atoms with Gasteiger partial charge in [-0.05, 0) is 49.8 Å². The SMILES string of the molecule is CCC1CCC(Oc2ccc(Br)cc2C(N)=S)CC1. The van der Waals surface area contributed by atoms with Gasteiger partial charge < -0.3 is 10.5 Å². The number of nitrogens with two attached hydrogens (primary N) is 1. The van der Waals surface area contributed by atoms with Gasteiger partial charge in [-0.25, -0.2) is 0 Å². The van der Waals surface area contributed by atoms with Crippen molar-refractivity contribution in [3.05, 3.63) is 28.2 Å². The minimum Gasteiger partial charge on any atom is -0.490 e. The lowest BCUT2D eigenvalue weighted by molar-refractivity contribution is 0.130. The molecule has 2 nitrogen and oxygen atoms in total. The molecule has 0 spiro atoms. The predicted molar refractivity (Wildman–Crippen MR) is 86.7 cm³/mol. The molecule has 0 aliphatic heterocycles. The summed E-state index contributed by atoms with van der Waals surface area (Å²) in [5.74, 6) is 1.69. The lowest BCUT2D eigenvalue weighted by Crippen LogP contribution is -2.25. The van der Waals surface area contributed by atoms with E-state index in [1.807, 2.05) is 18.2 Å². The highest BCUT2D eigenvalue weighted by molar-refractivity contribution is 9.10. The van der Waals surface area contributed by atoms with Crippen molar-refractivity contribution in [1.82, 2.24) is 0 Å². The molecule has 0 bridgehead atoms. The Balaban J connectivity index is 2.05. The Hall–Kier alpha value is -0.610. The standard InChI is InChI=1S/C15H20BrNOS/c1-2-10-3-6-12(7-4-10)18-14-8-5-11(16)9-13(14)15(17)19/h5,8-10,12H,2-4,6-7H2,1H3,(H2,17,19). The van der Waals surface area contributed by atoms with Gasteiger partial charge in [0.15, 0.2) is 0 Å². The van der Waals surface area contributed by atoms with Gasteiger partial charge in [-0.15, -0.1) is 0 Å². The third-order valence-electron chi connectivity index (χ3n) is 3.87. The Morgan fingerprint density at radius 3 is 2.63 bits per heavy atom. The maximum absolute atomic E-state index is 6.11. The topological polar surface area (TPSA) is 35.2 Å². The monoisotopic (exact) mass is 341 g/mol. The second-order valence-corrected chi connectivity index (χ2v) is 6.53. The normalized spacial score (nSPS) is 23.1. The lowest BCUT2D eigenvalue weighted by atomic mass is 9.86. The highest BCUT2D eigenvalue weighted by Gasteiger charge is 2.22. The van der Waals surface area contributed by atoms with Crippen LogP contribution >= 0.6 is 28.1 Å². The van der Waals surface area contributed by atoms with Crippen molar-refractivity contribution in [2.24, 2.45) is 11.7 Å². The molecular formula is C15H20BrNOS. The molecule has 2 rings (SSSR count). The van der Waals surface area contributed by atoms with Crippen molar-refractivity contribution in [3.8, 4) is 5.75 Å². The molecule has 0 amide bonds. The summed E-state index contributed by atoms with van der Waals surface area (Å²) < 4.78 is 7.08. The largest absolute Gasteiger partial charge is 0.490 e.